The summed E-state index contributed by atoms with van der Waals surface area (Å²) in [6.45, 7) is 10.5. The summed E-state index contributed by atoms with van der Waals surface area (Å²) in [5, 5.41) is 12.6. The van der Waals surface area contributed by atoms with Crippen molar-refractivity contribution in [3.8, 4) is 0 Å². The first-order valence-electron chi connectivity index (χ1n) is 11.5. The predicted molar refractivity (Wildman–Crippen MR) is 133 cm³/mol. The Balaban J connectivity index is 2.35. The van der Waals surface area contributed by atoms with Crippen LogP contribution in [-0.2, 0) is 25.7 Å². The summed E-state index contributed by atoms with van der Waals surface area (Å²) in [4.78, 5) is 40.1. The number of carbonyl (C=O) groups is 3. The van der Waals surface area contributed by atoms with E-state index < -0.39 is 41.2 Å². The topological polar surface area (TPSA) is 105 Å². The van der Waals surface area contributed by atoms with E-state index in [4.69, 9.17) is 9.47 Å². The van der Waals surface area contributed by atoms with Gasteiger partial charge in [-0.2, -0.15) is 0 Å². The molecule has 0 aliphatic rings. The standard InChI is InChI=1S/C27H36N2O6/c1-26(2,3)29(21(24(31)32)18-35-27(4,5)6)23(30)22(20-15-11-8-12-16-20)28-25(33)34-17-19-13-9-7-10-14-19/h7-16,21-22H,17-18H2,1-6H3,(H,28,33)(H,31,32)/t21?,22-/m1/s1. The molecule has 2 aromatic carbocycles. The van der Waals surface area contributed by atoms with Gasteiger partial charge in [0.25, 0.3) is 5.91 Å². The lowest BCUT2D eigenvalue weighted by Crippen LogP contribution is -2.59. The molecule has 2 rings (SSSR count). The fourth-order valence-corrected chi connectivity index (χ4v) is 3.49. The van der Waals surface area contributed by atoms with Crippen molar-refractivity contribution in [1.29, 1.82) is 0 Å². The van der Waals surface area contributed by atoms with Crippen molar-refractivity contribution in [2.75, 3.05) is 6.61 Å². The van der Waals surface area contributed by atoms with E-state index in [-0.39, 0.29) is 13.2 Å². The average molecular weight is 485 g/mol. The summed E-state index contributed by atoms with van der Waals surface area (Å²) in [5.41, 5.74) is -0.182. The number of amides is 2. The Kier molecular flexibility index (Phi) is 9.42. The molecule has 2 atom stereocenters. The van der Waals surface area contributed by atoms with Crippen LogP contribution in [0.5, 0.6) is 0 Å². The van der Waals surface area contributed by atoms with Gasteiger partial charge in [-0.05, 0) is 52.7 Å². The second-order valence-electron chi connectivity index (χ2n) is 10.2. The number of aliphatic carboxylic acids is 1. The molecule has 0 spiro atoms. The molecule has 0 aromatic heterocycles. The number of benzene rings is 2. The van der Waals surface area contributed by atoms with Crippen LogP contribution >= 0.6 is 0 Å². The van der Waals surface area contributed by atoms with Gasteiger partial charge in [0, 0.05) is 5.54 Å². The molecule has 2 aromatic rings. The maximum Gasteiger partial charge on any atom is 0.408 e. The van der Waals surface area contributed by atoms with E-state index in [0.29, 0.717) is 5.56 Å². The highest BCUT2D eigenvalue weighted by molar-refractivity contribution is 5.91. The van der Waals surface area contributed by atoms with Gasteiger partial charge < -0.3 is 24.8 Å². The van der Waals surface area contributed by atoms with Crippen LogP contribution in [0.15, 0.2) is 60.7 Å². The Morgan fingerprint density at radius 1 is 0.914 bits per heavy atom. The number of carboxylic acids is 1. The van der Waals surface area contributed by atoms with Crippen LogP contribution in [0, 0.1) is 0 Å². The number of rotatable bonds is 9. The molecule has 0 aliphatic carbocycles. The summed E-state index contributed by atoms with van der Waals surface area (Å²) in [6.07, 6.45) is -0.789. The van der Waals surface area contributed by atoms with Crippen LogP contribution in [0.25, 0.3) is 0 Å². The molecule has 0 saturated heterocycles. The lowest BCUT2D eigenvalue weighted by Gasteiger charge is -2.42. The lowest BCUT2D eigenvalue weighted by atomic mass is 9.97. The zero-order chi connectivity index (χ0) is 26.2. The molecular weight excluding hydrogens is 448 g/mol. The van der Waals surface area contributed by atoms with Gasteiger partial charge in [0.1, 0.15) is 12.6 Å². The van der Waals surface area contributed by atoms with E-state index in [1.165, 1.54) is 4.90 Å². The summed E-state index contributed by atoms with van der Waals surface area (Å²) < 4.78 is 11.1. The third-order valence-corrected chi connectivity index (χ3v) is 5.09. The maximum atomic E-state index is 13.9. The predicted octanol–water partition coefficient (Wildman–Crippen LogP) is 4.55. The molecule has 35 heavy (non-hydrogen) atoms. The molecule has 8 heteroatoms. The molecule has 0 aliphatic heterocycles. The van der Waals surface area contributed by atoms with Gasteiger partial charge in [-0.25, -0.2) is 9.59 Å². The smallest absolute Gasteiger partial charge is 0.408 e. The summed E-state index contributed by atoms with van der Waals surface area (Å²) in [5.74, 6) is -1.78. The number of nitrogens with one attached hydrogen (secondary N) is 1. The van der Waals surface area contributed by atoms with E-state index in [1.807, 2.05) is 51.1 Å². The van der Waals surface area contributed by atoms with Crippen LogP contribution in [0.4, 0.5) is 4.79 Å². The van der Waals surface area contributed by atoms with E-state index in [1.54, 1.807) is 51.1 Å². The van der Waals surface area contributed by atoms with Gasteiger partial charge in [-0.1, -0.05) is 60.7 Å². The molecular formula is C27H36N2O6. The Morgan fingerprint density at radius 3 is 1.94 bits per heavy atom. The molecule has 1 unspecified atom stereocenters. The van der Waals surface area contributed by atoms with Gasteiger partial charge in [0.05, 0.1) is 12.2 Å². The normalized spacial score (nSPS) is 13.4. The minimum absolute atomic E-state index is 0.0303. The first-order chi connectivity index (χ1) is 16.3. The third kappa shape index (κ3) is 8.72. The van der Waals surface area contributed by atoms with Crippen molar-refractivity contribution in [2.24, 2.45) is 0 Å². The number of carboxylic acid groups (broad SMARTS) is 1. The van der Waals surface area contributed by atoms with Crippen molar-refractivity contribution >= 4 is 18.0 Å². The number of carbonyl (C=O) groups excluding carboxylic acids is 2. The summed E-state index contributed by atoms with van der Waals surface area (Å²) in [6, 6.07) is 15.4. The summed E-state index contributed by atoms with van der Waals surface area (Å²) in [7, 11) is 0. The van der Waals surface area contributed by atoms with Gasteiger partial charge in [-0.3, -0.25) is 4.79 Å². The van der Waals surface area contributed by atoms with Gasteiger partial charge in [-0.15, -0.1) is 0 Å². The second kappa shape index (κ2) is 11.8. The van der Waals surface area contributed by atoms with Crippen LogP contribution in [-0.4, -0.2) is 51.8 Å². The SMILES string of the molecule is CC(C)(C)OCC(C(=O)O)N(C(=O)[C@H](NC(=O)OCc1ccccc1)c1ccccc1)C(C)(C)C. The Hall–Kier alpha value is -3.39. The highest BCUT2D eigenvalue weighted by Crippen LogP contribution is 2.26. The summed E-state index contributed by atoms with van der Waals surface area (Å²) >= 11 is 0. The van der Waals surface area contributed by atoms with Crippen molar-refractivity contribution in [2.45, 2.75) is 71.4 Å². The second-order valence-corrected chi connectivity index (χ2v) is 10.2. The Labute approximate surface area is 207 Å². The lowest BCUT2D eigenvalue weighted by molar-refractivity contribution is -0.162. The van der Waals surface area contributed by atoms with Crippen molar-refractivity contribution in [1.82, 2.24) is 10.2 Å². The minimum Gasteiger partial charge on any atom is -0.480 e. The van der Waals surface area contributed by atoms with Crippen LogP contribution in [0.3, 0.4) is 0 Å². The fraction of sp³-hybridized carbons (Fsp3) is 0.444. The molecule has 8 nitrogen and oxygen atoms in total. The number of hydrogen-bond donors (Lipinski definition) is 2. The molecule has 2 amide bonds. The zero-order valence-electron chi connectivity index (χ0n) is 21.3. The molecule has 0 bridgehead atoms. The molecule has 0 saturated carbocycles. The number of ether oxygens (including phenoxy) is 2. The van der Waals surface area contributed by atoms with Crippen LogP contribution in [0.1, 0.15) is 58.7 Å². The maximum absolute atomic E-state index is 13.9. The zero-order valence-corrected chi connectivity index (χ0v) is 21.3. The van der Waals surface area contributed by atoms with E-state index in [9.17, 15) is 19.5 Å². The largest absolute Gasteiger partial charge is 0.480 e. The van der Waals surface area contributed by atoms with Gasteiger partial charge >= 0.3 is 12.1 Å². The number of nitrogens with zero attached hydrogens (tertiary/aromatic N) is 1. The van der Waals surface area contributed by atoms with Gasteiger partial charge in [0.2, 0.25) is 0 Å². The van der Waals surface area contributed by atoms with E-state index in [2.05, 4.69) is 5.32 Å². The van der Waals surface area contributed by atoms with Crippen molar-refractivity contribution in [3.05, 3.63) is 71.8 Å². The monoisotopic (exact) mass is 484 g/mol. The third-order valence-electron chi connectivity index (χ3n) is 5.09. The van der Waals surface area contributed by atoms with Crippen molar-refractivity contribution in [3.63, 3.8) is 0 Å². The van der Waals surface area contributed by atoms with Crippen LogP contribution < -0.4 is 5.32 Å². The molecule has 0 fully saturated rings. The van der Waals surface area contributed by atoms with Crippen LogP contribution in [0.2, 0.25) is 0 Å². The number of alkyl carbamates (subject to hydrolysis) is 1. The highest BCUT2D eigenvalue weighted by atomic mass is 16.5. The molecule has 190 valence electrons. The average Bonchev–Trinajstić information content (AvgIpc) is 2.78. The molecule has 0 heterocycles. The van der Waals surface area contributed by atoms with Crippen molar-refractivity contribution < 1.29 is 29.0 Å². The van der Waals surface area contributed by atoms with Gasteiger partial charge in [0.15, 0.2) is 6.04 Å². The minimum atomic E-state index is -1.27. The molecule has 0 radical (unpaired) electrons. The molecule has 2 N–H and O–H groups in total. The van der Waals surface area contributed by atoms with E-state index in [0.717, 1.165) is 5.56 Å². The Morgan fingerprint density at radius 2 is 1.46 bits per heavy atom. The fourth-order valence-electron chi connectivity index (χ4n) is 3.49. The first kappa shape index (κ1) is 27.9. The van der Waals surface area contributed by atoms with E-state index >= 15 is 0 Å². The highest BCUT2D eigenvalue weighted by Gasteiger charge is 2.42. The number of hydrogen-bond acceptors (Lipinski definition) is 5. The Bertz CT molecular complexity index is 980. The first-order valence-corrected chi connectivity index (χ1v) is 11.5. The quantitative estimate of drug-likeness (QED) is 0.541.